The van der Waals surface area contributed by atoms with Crippen molar-refractivity contribution in [1.29, 1.82) is 0 Å². The van der Waals surface area contributed by atoms with Crippen LogP contribution in [0.4, 0.5) is 8.78 Å². The van der Waals surface area contributed by atoms with Gasteiger partial charge in [-0.3, -0.25) is 4.79 Å². The highest BCUT2D eigenvalue weighted by Gasteiger charge is 2.18. The molecule has 104 valence electrons. The van der Waals surface area contributed by atoms with Gasteiger partial charge in [0.1, 0.15) is 23.0 Å². The Morgan fingerprint density at radius 2 is 2.00 bits per heavy atom. The minimum absolute atomic E-state index is 0.106. The summed E-state index contributed by atoms with van der Waals surface area (Å²) in [5.41, 5.74) is -1.92. The molecule has 1 aromatic heterocycles. The number of nitrogens with zero attached hydrogens (tertiary/aromatic N) is 1. The predicted octanol–water partition coefficient (Wildman–Crippen LogP) is 2.38. The van der Waals surface area contributed by atoms with Gasteiger partial charge in [0.05, 0.1) is 16.3 Å². The first-order valence-electron chi connectivity index (χ1n) is 5.30. The van der Waals surface area contributed by atoms with E-state index in [-0.39, 0.29) is 17.1 Å². The summed E-state index contributed by atoms with van der Waals surface area (Å²) in [5.74, 6) is -3.50. The van der Waals surface area contributed by atoms with Crippen molar-refractivity contribution in [2.75, 3.05) is 0 Å². The molecular formula is C12H7ClF2N2O3. The molecule has 0 unspecified atom stereocenters. The van der Waals surface area contributed by atoms with Crippen LogP contribution in [-0.2, 0) is 0 Å². The van der Waals surface area contributed by atoms with E-state index in [2.05, 4.69) is 9.97 Å². The number of nitrogens with one attached hydrogen (secondary N) is 1. The fraction of sp³-hybridized carbons (Fsp3) is 0.0833. The summed E-state index contributed by atoms with van der Waals surface area (Å²) < 4.78 is 27.1. The van der Waals surface area contributed by atoms with Gasteiger partial charge in [-0.1, -0.05) is 11.6 Å². The van der Waals surface area contributed by atoms with Gasteiger partial charge < -0.3 is 10.1 Å². The van der Waals surface area contributed by atoms with Crippen LogP contribution in [0.15, 0.2) is 16.9 Å². The molecule has 0 amide bonds. The molecule has 0 spiro atoms. The van der Waals surface area contributed by atoms with Gasteiger partial charge in [0.2, 0.25) is 0 Å². The average Bonchev–Trinajstić information content (AvgIpc) is 2.32. The summed E-state index contributed by atoms with van der Waals surface area (Å²) in [6.07, 6.45) is 0. The standard InChI is InChI=1S/C12H7ClF2N2O3/c1-4-9(12(19)20)11(18)17-10(16-4)5-2-8(15)6(13)3-7(5)14/h2-3H,1H3,(H,19,20)(H,16,17,18). The maximum Gasteiger partial charge on any atom is 0.343 e. The lowest BCUT2D eigenvalue weighted by molar-refractivity contribution is 0.0693. The van der Waals surface area contributed by atoms with Gasteiger partial charge >= 0.3 is 5.97 Å². The van der Waals surface area contributed by atoms with Crippen molar-refractivity contribution in [3.05, 3.63) is 50.4 Å². The van der Waals surface area contributed by atoms with Crippen LogP contribution in [0.25, 0.3) is 11.4 Å². The molecule has 0 aliphatic rings. The molecule has 1 heterocycles. The molecule has 0 fully saturated rings. The van der Waals surface area contributed by atoms with Gasteiger partial charge in [-0.15, -0.1) is 0 Å². The van der Waals surface area contributed by atoms with Crippen molar-refractivity contribution in [3.63, 3.8) is 0 Å². The number of H-pyrrole nitrogens is 1. The summed E-state index contributed by atoms with van der Waals surface area (Å²) in [4.78, 5) is 28.3. The van der Waals surface area contributed by atoms with Gasteiger partial charge in [0.15, 0.2) is 0 Å². The summed E-state index contributed by atoms with van der Waals surface area (Å²) in [6, 6.07) is 1.52. The molecule has 0 saturated carbocycles. The number of halogens is 3. The van der Waals surface area contributed by atoms with Crippen LogP contribution in [0.5, 0.6) is 0 Å². The van der Waals surface area contributed by atoms with E-state index < -0.39 is 33.7 Å². The lowest BCUT2D eigenvalue weighted by Gasteiger charge is -2.06. The second-order valence-corrected chi connectivity index (χ2v) is 4.33. The number of aromatic amines is 1. The summed E-state index contributed by atoms with van der Waals surface area (Å²) >= 11 is 5.42. The summed E-state index contributed by atoms with van der Waals surface area (Å²) in [5, 5.41) is 8.42. The smallest absolute Gasteiger partial charge is 0.343 e. The normalized spacial score (nSPS) is 10.6. The number of aryl methyl sites for hydroxylation is 1. The van der Waals surface area contributed by atoms with Crippen LogP contribution in [0, 0.1) is 18.6 Å². The van der Waals surface area contributed by atoms with E-state index in [1.54, 1.807) is 0 Å². The molecule has 2 N–H and O–H groups in total. The van der Waals surface area contributed by atoms with Crippen LogP contribution >= 0.6 is 11.6 Å². The number of benzene rings is 1. The lowest BCUT2D eigenvalue weighted by Crippen LogP contribution is -2.21. The van der Waals surface area contributed by atoms with Gasteiger partial charge in [-0.25, -0.2) is 18.6 Å². The first-order chi connectivity index (χ1) is 9.31. The Kier molecular flexibility index (Phi) is 3.54. The Labute approximate surface area is 115 Å². The number of hydrogen-bond donors (Lipinski definition) is 2. The van der Waals surface area contributed by atoms with E-state index in [0.717, 1.165) is 12.1 Å². The zero-order valence-electron chi connectivity index (χ0n) is 10.00. The number of rotatable bonds is 2. The van der Waals surface area contributed by atoms with Gasteiger partial charge in [0, 0.05) is 0 Å². The van der Waals surface area contributed by atoms with E-state index in [1.807, 2.05) is 0 Å². The van der Waals surface area contributed by atoms with Crippen molar-refractivity contribution in [1.82, 2.24) is 9.97 Å². The molecule has 1 aromatic carbocycles. The van der Waals surface area contributed by atoms with Crippen LogP contribution in [0.2, 0.25) is 5.02 Å². The number of carboxylic acids is 1. The molecule has 5 nitrogen and oxygen atoms in total. The molecule has 0 aliphatic carbocycles. The van der Waals surface area contributed by atoms with Crippen LogP contribution in [0.1, 0.15) is 16.1 Å². The molecule has 2 rings (SSSR count). The van der Waals surface area contributed by atoms with Crippen LogP contribution < -0.4 is 5.56 Å². The van der Waals surface area contributed by atoms with E-state index in [4.69, 9.17) is 16.7 Å². The second kappa shape index (κ2) is 5.01. The van der Waals surface area contributed by atoms with E-state index in [9.17, 15) is 18.4 Å². The predicted molar refractivity (Wildman–Crippen MR) is 66.9 cm³/mol. The third kappa shape index (κ3) is 2.39. The summed E-state index contributed by atoms with van der Waals surface area (Å²) in [7, 11) is 0. The molecule has 8 heteroatoms. The molecule has 0 aliphatic heterocycles. The number of aromatic nitrogens is 2. The van der Waals surface area contributed by atoms with Gasteiger partial charge in [-0.2, -0.15) is 0 Å². The zero-order chi connectivity index (χ0) is 15.0. The maximum atomic E-state index is 13.7. The van der Waals surface area contributed by atoms with Gasteiger partial charge in [-0.05, 0) is 19.1 Å². The third-order valence-corrected chi connectivity index (χ3v) is 2.87. The first kappa shape index (κ1) is 14.1. The SMILES string of the molecule is Cc1nc(-c2cc(F)c(Cl)cc2F)[nH]c(=O)c1C(=O)O. The quantitative estimate of drug-likeness (QED) is 0.834. The highest BCUT2D eigenvalue weighted by Crippen LogP contribution is 2.25. The Morgan fingerprint density at radius 1 is 1.35 bits per heavy atom. The fourth-order valence-electron chi connectivity index (χ4n) is 1.67. The van der Waals surface area contributed by atoms with Crippen molar-refractivity contribution in [2.45, 2.75) is 6.92 Å². The maximum absolute atomic E-state index is 13.7. The van der Waals surface area contributed by atoms with Crippen molar-refractivity contribution in [3.8, 4) is 11.4 Å². The molecule has 2 aromatic rings. The monoisotopic (exact) mass is 300 g/mol. The first-order valence-corrected chi connectivity index (χ1v) is 5.68. The molecule has 0 radical (unpaired) electrons. The Bertz CT molecular complexity index is 774. The molecule has 0 saturated heterocycles. The summed E-state index contributed by atoms with van der Waals surface area (Å²) in [6.45, 7) is 1.28. The van der Waals surface area contributed by atoms with Crippen molar-refractivity contribution < 1.29 is 18.7 Å². The lowest BCUT2D eigenvalue weighted by atomic mass is 10.1. The van der Waals surface area contributed by atoms with E-state index >= 15 is 0 Å². The second-order valence-electron chi connectivity index (χ2n) is 3.93. The topological polar surface area (TPSA) is 83.0 Å². The van der Waals surface area contributed by atoms with Crippen molar-refractivity contribution in [2.24, 2.45) is 0 Å². The third-order valence-electron chi connectivity index (χ3n) is 2.58. The fourth-order valence-corrected chi connectivity index (χ4v) is 1.82. The molecule has 0 atom stereocenters. The average molecular weight is 301 g/mol. The Hall–Kier alpha value is -2.28. The Balaban J connectivity index is 2.69. The van der Waals surface area contributed by atoms with Crippen LogP contribution in [-0.4, -0.2) is 21.0 Å². The highest BCUT2D eigenvalue weighted by atomic mass is 35.5. The van der Waals surface area contributed by atoms with Crippen LogP contribution in [0.3, 0.4) is 0 Å². The van der Waals surface area contributed by atoms with E-state index in [0.29, 0.717) is 0 Å². The zero-order valence-corrected chi connectivity index (χ0v) is 10.8. The molecule has 20 heavy (non-hydrogen) atoms. The minimum Gasteiger partial charge on any atom is -0.477 e. The highest BCUT2D eigenvalue weighted by molar-refractivity contribution is 6.30. The largest absolute Gasteiger partial charge is 0.477 e. The number of aromatic carboxylic acids is 1. The molecular weight excluding hydrogens is 294 g/mol. The molecule has 0 bridgehead atoms. The van der Waals surface area contributed by atoms with E-state index in [1.165, 1.54) is 6.92 Å². The Morgan fingerprint density at radius 3 is 2.55 bits per heavy atom. The number of carboxylic acid groups (broad SMARTS) is 1. The number of carbonyl (C=O) groups is 1. The number of hydrogen-bond acceptors (Lipinski definition) is 3. The minimum atomic E-state index is -1.45. The van der Waals surface area contributed by atoms with Gasteiger partial charge in [0.25, 0.3) is 5.56 Å². The van der Waals surface area contributed by atoms with Crippen molar-refractivity contribution >= 4 is 17.6 Å².